The number of aromatic nitrogens is 2. The van der Waals surface area contributed by atoms with E-state index in [1.807, 2.05) is 16.9 Å². The Kier molecular flexibility index (Phi) is 4.99. The highest BCUT2D eigenvalue weighted by molar-refractivity contribution is 4.98. The maximum atomic E-state index is 6.18. The zero-order valence-electron chi connectivity index (χ0n) is 12.3. The first-order valence-electron chi connectivity index (χ1n) is 7.53. The lowest BCUT2D eigenvalue weighted by atomic mass is 9.94. The first kappa shape index (κ1) is 14.5. The van der Waals surface area contributed by atoms with Gasteiger partial charge in [-0.1, -0.05) is 25.7 Å². The molecule has 0 atom stereocenters. The van der Waals surface area contributed by atoms with Gasteiger partial charge in [0.15, 0.2) is 0 Å². The molecule has 1 fully saturated rings. The summed E-state index contributed by atoms with van der Waals surface area (Å²) in [6, 6.07) is 2.44. The Morgan fingerprint density at radius 2 is 2.00 bits per heavy atom. The van der Waals surface area contributed by atoms with Crippen LogP contribution in [-0.4, -0.2) is 21.9 Å². The number of nitrogens with two attached hydrogens (primary N) is 1. The van der Waals surface area contributed by atoms with Gasteiger partial charge in [-0.3, -0.25) is 4.68 Å². The minimum absolute atomic E-state index is 0.113. The standard InChI is InChI=1S/C15H27N3O/c1-13(2)18-10-7-14(17-18)11-19-15(12-16)8-5-3-4-6-9-15/h7,10,13H,3-6,8-9,11-12,16H2,1-2H3. The number of rotatable bonds is 5. The summed E-state index contributed by atoms with van der Waals surface area (Å²) in [5, 5.41) is 4.53. The van der Waals surface area contributed by atoms with Crippen molar-refractivity contribution in [3.05, 3.63) is 18.0 Å². The van der Waals surface area contributed by atoms with E-state index < -0.39 is 0 Å². The fourth-order valence-electron chi connectivity index (χ4n) is 2.75. The molecule has 1 saturated carbocycles. The highest BCUT2D eigenvalue weighted by Crippen LogP contribution is 2.30. The smallest absolute Gasteiger partial charge is 0.0914 e. The second-order valence-electron chi connectivity index (χ2n) is 5.97. The first-order valence-corrected chi connectivity index (χ1v) is 7.53. The van der Waals surface area contributed by atoms with Gasteiger partial charge in [-0.2, -0.15) is 5.10 Å². The van der Waals surface area contributed by atoms with Gasteiger partial charge in [-0.15, -0.1) is 0 Å². The number of hydrogen-bond acceptors (Lipinski definition) is 3. The Morgan fingerprint density at radius 3 is 2.53 bits per heavy atom. The van der Waals surface area contributed by atoms with Gasteiger partial charge in [-0.25, -0.2) is 0 Å². The average molecular weight is 265 g/mol. The van der Waals surface area contributed by atoms with Gasteiger partial charge in [0.05, 0.1) is 17.9 Å². The maximum Gasteiger partial charge on any atom is 0.0914 e. The van der Waals surface area contributed by atoms with Crippen LogP contribution in [-0.2, 0) is 11.3 Å². The Hall–Kier alpha value is -0.870. The van der Waals surface area contributed by atoms with E-state index in [0.717, 1.165) is 18.5 Å². The van der Waals surface area contributed by atoms with E-state index in [4.69, 9.17) is 10.5 Å². The van der Waals surface area contributed by atoms with Crippen LogP contribution in [0.4, 0.5) is 0 Å². The minimum atomic E-state index is -0.113. The number of ether oxygens (including phenoxy) is 1. The normalized spacial score (nSPS) is 19.6. The van der Waals surface area contributed by atoms with Crippen molar-refractivity contribution < 1.29 is 4.74 Å². The van der Waals surface area contributed by atoms with E-state index in [0.29, 0.717) is 19.2 Å². The third kappa shape index (κ3) is 3.80. The molecule has 1 aromatic rings. The van der Waals surface area contributed by atoms with Gasteiger partial charge in [0.2, 0.25) is 0 Å². The van der Waals surface area contributed by atoms with Gasteiger partial charge < -0.3 is 10.5 Å². The summed E-state index contributed by atoms with van der Waals surface area (Å²) in [5.74, 6) is 0. The third-order valence-electron chi connectivity index (χ3n) is 4.11. The second kappa shape index (κ2) is 6.53. The molecule has 1 aromatic heterocycles. The molecule has 1 heterocycles. The summed E-state index contributed by atoms with van der Waals surface area (Å²) in [6.07, 6.45) is 9.30. The molecule has 108 valence electrons. The second-order valence-corrected chi connectivity index (χ2v) is 5.97. The summed E-state index contributed by atoms with van der Waals surface area (Å²) in [5.41, 5.74) is 6.87. The van der Waals surface area contributed by atoms with Crippen LogP contribution in [0.3, 0.4) is 0 Å². The summed E-state index contributed by atoms with van der Waals surface area (Å²) in [4.78, 5) is 0. The summed E-state index contributed by atoms with van der Waals surface area (Å²) in [7, 11) is 0. The van der Waals surface area contributed by atoms with Crippen molar-refractivity contribution >= 4 is 0 Å². The molecule has 4 heteroatoms. The van der Waals surface area contributed by atoms with E-state index in [1.54, 1.807) is 0 Å². The van der Waals surface area contributed by atoms with Crippen LogP contribution >= 0.6 is 0 Å². The molecule has 0 amide bonds. The highest BCUT2D eigenvalue weighted by Gasteiger charge is 2.30. The molecule has 2 N–H and O–H groups in total. The fraction of sp³-hybridized carbons (Fsp3) is 0.800. The zero-order valence-corrected chi connectivity index (χ0v) is 12.3. The molecule has 0 aliphatic heterocycles. The Bertz CT molecular complexity index is 378. The fourth-order valence-corrected chi connectivity index (χ4v) is 2.75. The van der Waals surface area contributed by atoms with E-state index >= 15 is 0 Å². The van der Waals surface area contributed by atoms with Crippen LogP contribution in [0, 0.1) is 0 Å². The molecule has 0 aromatic carbocycles. The molecule has 0 radical (unpaired) electrons. The van der Waals surface area contributed by atoms with Crippen LogP contribution in [0.5, 0.6) is 0 Å². The van der Waals surface area contributed by atoms with E-state index in [9.17, 15) is 0 Å². The number of hydrogen-bond donors (Lipinski definition) is 1. The van der Waals surface area contributed by atoms with Gasteiger partial charge in [0.25, 0.3) is 0 Å². The lowest BCUT2D eigenvalue weighted by Crippen LogP contribution is -2.40. The Balaban J connectivity index is 1.94. The SMILES string of the molecule is CC(C)n1ccc(COC2(CN)CCCCCC2)n1. The topological polar surface area (TPSA) is 53.1 Å². The largest absolute Gasteiger partial charge is 0.367 e. The van der Waals surface area contributed by atoms with Crippen molar-refractivity contribution in [1.29, 1.82) is 0 Å². The minimum Gasteiger partial charge on any atom is -0.367 e. The lowest BCUT2D eigenvalue weighted by molar-refractivity contribution is -0.0615. The van der Waals surface area contributed by atoms with E-state index in [2.05, 4.69) is 18.9 Å². The van der Waals surface area contributed by atoms with Gasteiger partial charge in [-0.05, 0) is 32.8 Å². The quantitative estimate of drug-likeness (QED) is 0.833. The van der Waals surface area contributed by atoms with Crippen LogP contribution in [0.25, 0.3) is 0 Å². The first-order chi connectivity index (χ1) is 9.15. The molecule has 1 aliphatic carbocycles. The van der Waals surface area contributed by atoms with Crippen LogP contribution in [0.1, 0.15) is 64.1 Å². The summed E-state index contributed by atoms with van der Waals surface area (Å²) >= 11 is 0. The summed E-state index contributed by atoms with van der Waals surface area (Å²) in [6.45, 7) is 5.46. The Morgan fingerprint density at radius 1 is 1.32 bits per heavy atom. The predicted molar refractivity (Wildman–Crippen MR) is 76.9 cm³/mol. The van der Waals surface area contributed by atoms with Crippen molar-refractivity contribution in [1.82, 2.24) is 9.78 Å². The molecule has 0 bridgehead atoms. The van der Waals surface area contributed by atoms with Crippen molar-refractivity contribution in [2.75, 3.05) is 6.54 Å². The van der Waals surface area contributed by atoms with Crippen molar-refractivity contribution in [3.63, 3.8) is 0 Å². The van der Waals surface area contributed by atoms with Crippen LogP contribution in [0.15, 0.2) is 12.3 Å². The molecule has 0 spiro atoms. The number of nitrogens with zero attached hydrogens (tertiary/aromatic N) is 2. The molecule has 4 nitrogen and oxygen atoms in total. The Labute approximate surface area is 116 Å². The average Bonchev–Trinajstić information content (AvgIpc) is 2.76. The molecule has 1 aliphatic rings. The van der Waals surface area contributed by atoms with Crippen LogP contribution in [0.2, 0.25) is 0 Å². The van der Waals surface area contributed by atoms with E-state index in [1.165, 1.54) is 25.7 Å². The predicted octanol–water partition coefficient (Wildman–Crippen LogP) is 3.03. The molecular weight excluding hydrogens is 238 g/mol. The zero-order chi connectivity index (χ0) is 13.7. The molecular formula is C15H27N3O. The highest BCUT2D eigenvalue weighted by atomic mass is 16.5. The maximum absolute atomic E-state index is 6.18. The van der Waals surface area contributed by atoms with Crippen molar-refractivity contribution in [2.45, 2.75) is 70.6 Å². The van der Waals surface area contributed by atoms with Gasteiger partial charge in [0, 0.05) is 18.8 Å². The van der Waals surface area contributed by atoms with Gasteiger partial charge >= 0.3 is 0 Å². The van der Waals surface area contributed by atoms with Crippen molar-refractivity contribution in [3.8, 4) is 0 Å². The summed E-state index contributed by atoms with van der Waals surface area (Å²) < 4.78 is 8.15. The molecule has 0 saturated heterocycles. The third-order valence-corrected chi connectivity index (χ3v) is 4.11. The van der Waals surface area contributed by atoms with Crippen LogP contribution < -0.4 is 5.73 Å². The van der Waals surface area contributed by atoms with E-state index in [-0.39, 0.29) is 5.60 Å². The molecule has 2 rings (SSSR count). The lowest BCUT2D eigenvalue weighted by Gasteiger charge is -2.31. The van der Waals surface area contributed by atoms with Gasteiger partial charge in [0.1, 0.15) is 0 Å². The van der Waals surface area contributed by atoms with Crippen molar-refractivity contribution in [2.24, 2.45) is 5.73 Å². The molecule has 19 heavy (non-hydrogen) atoms. The molecule has 0 unspecified atom stereocenters. The monoisotopic (exact) mass is 265 g/mol.